The van der Waals surface area contributed by atoms with Gasteiger partial charge in [0.05, 0.1) is 5.92 Å². The summed E-state index contributed by atoms with van der Waals surface area (Å²) in [7, 11) is 2.12. The summed E-state index contributed by atoms with van der Waals surface area (Å²) in [6, 6.07) is 6.25. The third-order valence-electron chi connectivity index (χ3n) is 5.40. The van der Waals surface area contributed by atoms with Gasteiger partial charge in [0.25, 0.3) is 0 Å². The molecule has 4 rings (SSSR count). The zero-order valence-electron chi connectivity index (χ0n) is 14.8. The zero-order chi connectivity index (χ0) is 17.2. The van der Waals surface area contributed by atoms with Crippen LogP contribution >= 0.6 is 11.8 Å². The molecule has 1 amide bonds. The first-order valence-electron chi connectivity index (χ1n) is 9.19. The summed E-state index contributed by atoms with van der Waals surface area (Å²) in [5.74, 6) is 3.22. The van der Waals surface area contributed by atoms with E-state index in [1.165, 1.54) is 5.56 Å². The maximum Gasteiger partial charge on any atom is 0.231 e. The van der Waals surface area contributed by atoms with Gasteiger partial charge in [-0.2, -0.15) is 11.8 Å². The highest BCUT2D eigenvalue weighted by molar-refractivity contribution is 7.99. The largest absolute Gasteiger partial charge is 0.454 e. The Morgan fingerprint density at radius 3 is 2.92 bits per heavy atom. The Balaban J connectivity index is 1.39. The van der Waals surface area contributed by atoms with Crippen LogP contribution in [-0.4, -0.2) is 61.5 Å². The number of fused-ring (bicyclic) bond motifs is 1. The summed E-state index contributed by atoms with van der Waals surface area (Å²) >= 11 is 1.95. The van der Waals surface area contributed by atoms with Gasteiger partial charge in [-0.1, -0.05) is 6.07 Å². The van der Waals surface area contributed by atoms with Crippen LogP contribution in [-0.2, 0) is 4.79 Å². The predicted molar refractivity (Wildman–Crippen MR) is 99.2 cm³/mol. The van der Waals surface area contributed by atoms with Crippen molar-refractivity contribution in [2.75, 3.05) is 45.8 Å². The highest BCUT2D eigenvalue weighted by Crippen LogP contribution is 2.40. The molecule has 0 spiro atoms. The van der Waals surface area contributed by atoms with Crippen LogP contribution in [0.2, 0.25) is 0 Å². The molecule has 3 aliphatic heterocycles. The van der Waals surface area contributed by atoms with E-state index in [2.05, 4.69) is 29.0 Å². The minimum atomic E-state index is 0.186. The third kappa shape index (κ3) is 3.75. The number of rotatable bonds is 2. The minimum Gasteiger partial charge on any atom is -0.454 e. The van der Waals surface area contributed by atoms with Gasteiger partial charge in [0.15, 0.2) is 11.5 Å². The Morgan fingerprint density at radius 2 is 2.04 bits per heavy atom. The van der Waals surface area contributed by atoms with E-state index in [0.29, 0.717) is 18.0 Å². The fraction of sp³-hybridized carbons (Fsp3) is 0.632. The molecule has 6 heteroatoms. The molecule has 3 heterocycles. The van der Waals surface area contributed by atoms with Crippen molar-refractivity contribution >= 4 is 17.7 Å². The Bertz CT molecular complexity index is 639. The van der Waals surface area contributed by atoms with Gasteiger partial charge in [-0.05, 0) is 50.6 Å². The first-order valence-corrected chi connectivity index (χ1v) is 10.2. The third-order valence-corrected chi connectivity index (χ3v) is 6.72. The number of likely N-dealkylation sites (tertiary alicyclic amines) is 1. The summed E-state index contributed by atoms with van der Waals surface area (Å²) in [5.41, 5.74) is 1.28. The smallest absolute Gasteiger partial charge is 0.231 e. The van der Waals surface area contributed by atoms with Gasteiger partial charge in [-0.3, -0.25) is 4.79 Å². The first-order chi connectivity index (χ1) is 12.2. The topological polar surface area (TPSA) is 42.0 Å². The Hall–Kier alpha value is -1.40. The van der Waals surface area contributed by atoms with Crippen molar-refractivity contribution in [1.29, 1.82) is 0 Å². The van der Waals surface area contributed by atoms with Gasteiger partial charge < -0.3 is 19.3 Å². The molecule has 1 aromatic rings. The van der Waals surface area contributed by atoms with Crippen LogP contribution in [0.1, 0.15) is 30.1 Å². The molecule has 3 aliphatic rings. The van der Waals surface area contributed by atoms with Gasteiger partial charge in [0.2, 0.25) is 12.7 Å². The van der Waals surface area contributed by atoms with Gasteiger partial charge in [-0.15, -0.1) is 0 Å². The molecule has 2 fully saturated rings. The van der Waals surface area contributed by atoms with Gasteiger partial charge in [0.1, 0.15) is 0 Å². The normalized spacial score (nSPS) is 27.2. The molecule has 1 aromatic carbocycles. The molecule has 25 heavy (non-hydrogen) atoms. The van der Waals surface area contributed by atoms with Crippen molar-refractivity contribution in [2.24, 2.45) is 5.92 Å². The summed E-state index contributed by atoms with van der Waals surface area (Å²) in [4.78, 5) is 17.3. The molecular formula is C19H26N2O3S. The lowest BCUT2D eigenvalue weighted by Gasteiger charge is -2.32. The fourth-order valence-corrected chi connectivity index (χ4v) is 5.22. The first kappa shape index (κ1) is 17.0. The second kappa shape index (κ2) is 7.46. The number of benzene rings is 1. The molecular weight excluding hydrogens is 336 g/mol. The van der Waals surface area contributed by atoms with E-state index in [1.807, 2.05) is 17.8 Å². The van der Waals surface area contributed by atoms with Crippen LogP contribution in [0.5, 0.6) is 11.5 Å². The number of hydrogen-bond acceptors (Lipinski definition) is 5. The summed E-state index contributed by atoms with van der Waals surface area (Å²) in [5, 5.41) is 0.418. The number of amides is 1. The van der Waals surface area contributed by atoms with Crippen molar-refractivity contribution < 1.29 is 14.3 Å². The second-order valence-electron chi connectivity index (χ2n) is 7.19. The van der Waals surface area contributed by atoms with Crippen molar-refractivity contribution in [2.45, 2.75) is 24.5 Å². The lowest BCUT2D eigenvalue weighted by atomic mass is 9.96. The van der Waals surface area contributed by atoms with Crippen molar-refractivity contribution in [3.63, 3.8) is 0 Å². The van der Waals surface area contributed by atoms with Gasteiger partial charge in [-0.25, -0.2) is 0 Å². The molecule has 0 bridgehead atoms. The predicted octanol–water partition coefficient (Wildman–Crippen LogP) is 2.76. The second-order valence-corrected chi connectivity index (χ2v) is 8.50. The highest BCUT2D eigenvalue weighted by atomic mass is 32.2. The van der Waals surface area contributed by atoms with Crippen LogP contribution in [0, 0.1) is 5.92 Å². The van der Waals surface area contributed by atoms with Gasteiger partial charge in [0, 0.05) is 30.6 Å². The maximum atomic E-state index is 12.9. The lowest BCUT2D eigenvalue weighted by Crippen LogP contribution is -2.44. The number of nitrogens with zero attached hydrogens (tertiary/aromatic N) is 2. The molecule has 2 saturated heterocycles. The molecule has 2 unspecified atom stereocenters. The molecule has 5 nitrogen and oxygen atoms in total. The molecule has 0 aromatic heterocycles. The van der Waals surface area contributed by atoms with E-state index >= 15 is 0 Å². The lowest BCUT2D eigenvalue weighted by molar-refractivity contribution is -0.136. The van der Waals surface area contributed by atoms with E-state index in [9.17, 15) is 4.79 Å². The zero-order valence-corrected chi connectivity index (χ0v) is 15.6. The van der Waals surface area contributed by atoms with Crippen molar-refractivity contribution in [3.05, 3.63) is 23.8 Å². The van der Waals surface area contributed by atoms with E-state index in [1.54, 1.807) is 0 Å². The van der Waals surface area contributed by atoms with Crippen LogP contribution in [0.4, 0.5) is 0 Å². The summed E-state index contributed by atoms with van der Waals surface area (Å²) in [6.07, 6.45) is 3.17. The van der Waals surface area contributed by atoms with Crippen LogP contribution in [0.25, 0.3) is 0 Å². The molecule has 0 saturated carbocycles. The van der Waals surface area contributed by atoms with Gasteiger partial charge >= 0.3 is 0 Å². The Morgan fingerprint density at radius 1 is 1.16 bits per heavy atom. The number of thioether (sulfide) groups is 1. The standard InChI is InChI=1S/C19H26N2O3S/c1-20-7-2-3-15(12-20)19(22)21-8-6-18(25-10-9-21)14-4-5-16-17(11-14)24-13-23-16/h4-5,11,15,18H,2-3,6-10,12-13H2,1H3. The molecule has 136 valence electrons. The minimum absolute atomic E-state index is 0.186. The number of carbonyl (C=O) groups is 1. The van der Waals surface area contributed by atoms with E-state index in [-0.39, 0.29) is 5.92 Å². The van der Waals surface area contributed by atoms with Crippen molar-refractivity contribution in [3.8, 4) is 11.5 Å². The number of carbonyl (C=O) groups excluding carboxylic acids is 1. The molecule has 0 aliphatic carbocycles. The Labute approximate surface area is 153 Å². The van der Waals surface area contributed by atoms with Crippen LogP contribution in [0.3, 0.4) is 0 Å². The number of ether oxygens (including phenoxy) is 2. The van der Waals surface area contributed by atoms with Crippen LogP contribution < -0.4 is 9.47 Å². The van der Waals surface area contributed by atoms with Crippen LogP contribution in [0.15, 0.2) is 18.2 Å². The fourth-order valence-electron chi connectivity index (χ4n) is 4.00. The molecule has 0 radical (unpaired) electrons. The van der Waals surface area contributed by atoms with Crippen molar-refractivity contribution in [1.82, 2.24) is 9.80 Å². The maximum absolute atomic E-state index is 12.9. The highest BCUT2D eigenvalue weighted by Gasteiger charge is 2.30. The summed E-state index contributed by atoms with van der Waals surface area (Å²) < 4.78 is 10.9. The molecule has 0 N–H and O–H groups in total. The number of hydrogen-bond donors (Lipinski definition) is 0. The van der Waals surface area contributed by atoms with E-state index in [4.69, 9.17) is 9.47 Å². The average Bonchev–Trinajstić information content (AvgIpc) is 2.96. The van der Waals surface area contributed by atoms with E-state index in [0.717, 1.165) is 62.7 Å². The summed E-state index contributed by atoms with van der Waals surface area (Å²) in [6.45, 7) is 4.06. The Kier molecular flexibility index (Phi) is 5.08. The monoisotopic (exact) mass is 362 g/mol. The molecule has 2 atom stereocenters. The SMILES string of the molecule is CN1CCCC(C(=O)N2CCSC(c3ccc4c(c3)OCO4)CC2)C1. The average molecular weight is 362 g/mol. The van der Waals surface area contributed by atoms with E-state index < -0.39 is 0 Å². The quantitative estimate of drug-likeness (QED) is 0.809. The number of piperidine rings is 1.